The number of nitrogens with one attached hydrogen (secondary N) is 1. The molecule has 1 aromatic heterocycles. The molecule has 2 heterocycles. The van der Waals surface area contributed by atoms with Crippen LogP contribution in [-0.4, -0.2) is 43.5 Å². The fraction of sp³-hybridized carbons (Fsp3) is 0.333. The van der Waals surface area contributed by atoms with Gasteiger partial charge in [0, 0.05) is 30.4 Å². The van der Waals surface area contributed by atoms with Crippen molar-refractivity contribution in [1.82, 2.24) is 9.46 Å². The second-order valence-corrected chi connectivity index (χ2v) is 9.77. The van der Waals surface area contributed by atoms with E-state index >= 15 is 0 Å². The van der Waals surface area contributed by atoms with Crippen molar-refractivity contribution in [2.45, 2.75) is 37.5 Å². The van der Waals surface area contributed by atoms with E-state index in [9.17, 15) is 13.2 Å². The van der Waals surface area contributed by atoms with E-state index in [4.69, 9.17) is 9.26 Å². The highest BCUT2D eigenvalue weighted by atomic mass is 32.2. The Labute approximate surface area is 193 Å². The highest BCUT2D eigenvalue weighted by molar-refractivity contribution is 7.89. The summed E-state index contributed by atoms with van der Waals surface area (Å²) in [7, 11) is -3.53. The van der Waals surface area contributed by atoms with Crippen molar-refractivity contribution in [3.05, 3.63) is 60.3 Å². The maximum Gasteiger partial charge on any atom is 0.277 e. The van der Waals surface area contributed by atoms with Crippen LogP contribution in [0.25, 0.3) is 11.3 Å². The Kier molecular flexibility index (Phi) is 7.10. The monoisotopic (exact) mass is 469 g/mol. The lowest BCUT2D eigenvalue weighted by atomic mass is 10.1. The molecule has 0 saturated carbocycles. The Morgan fingerprint density at radius 2 is 1.70 bits per heavy atom. The van der Waals surface area contributed by atoms with E-state index in [0.29, 0.717) is 31.1 Å². The van der Waals surface area contributed by atoms with Gasteiger partial charge in [0.05, 0.1) is 11.5 Å². The number of hydrogen-bond acceptors (Lipinski definition) is 6. The Morgan fingerprint density at radius 1 is 1.03 bits per heavy atom. The minimum absolute atomic E-state index is 0.125. The first-order valence-corrected chi connectivity index (χ1v) is 12.5. The predicted molar refractivity (Wildman–Crippen MR) is 125 cm³/mol. The van der Waals surface area contributed by atoms with Crippen LogP contribution in [0.5, 0.6) is 5.75 Å². The molecule has 0 spiro atoms. The molecule has 1 N–H and O–H groups in total. The quantitative estimate of drug-likeness (QED) is 0.544. The summed E-state index contributed by atoms with van der Waals surface area (Å²) in [5.41, 5.74) is 1.37. The molecule has 1 saturated heterocycles. The summed E-state index contributed by atoms with van der Waals surface area (Å²) in [5.74, 6) is 0.765. The zero-order chi connectivity index (χ0) is 23.3. The minimum Gasteiger partial charge on any atom is -0.494 e. The third-order valence-corrected chi connectivity index (χ3v) is 7.42. The molecular formula is C24H27N3O5S. The van der Waals surface area contributed by atoms with Crippen LogP contribution >= 0.6 is 0 Å². The molecule has 1 aliphatic heterocycles. The SMILES string of the molecule is CCOc1ccc(-c2cc(C(=O)Nc3ccc(S(=O)(=O)N4CCCCCC4)cc3)no2)cc1. The van der Waals surface area contributed by atoms with Crippen LogP contribution in [0, 0.1) is 0 Å². The number of sulfonamides is 1. The van der Waals surface area contributed by atoms with E-state index in [0.717, 1.165) is 37.0 Å². The average Bonchev–Trinajstić information content (AvgIpc) is 3.15. The molecule has 0 atom stereocenters. The molecule has 1 fully saturated rings. The van der Waals surface area contributed by atoms with E-state index in [1.54, 1.807) is 22.5 Å². The number of benzene rings is 2. The molecule has 4 rings (SSSR count). The Morgan fingerprint density at radius 3 is 2.33 bits per heavy atom. The van der Waals surface area contributed by atoms with Crippen molar-refractivity contribution in [3.63, 3.8) is 0 Å². The number of amides is 1. The molecule has 174 valence electrons. The summed E-state index contributed by atoms with van der Waals surface area (Å²) < 4.78 is 38.1. The van der Waals surface area contributed by atoms with Gasteiger partial charge < -0.3 is 14.6 Å². The lowest BCUT2D eigenvalue weighted by Crippen LogP contribution is -2.31. The summed E-state index contributed by atoms with van der Waals surface area (Å²) >= 11 is 0. The molecule has 8 nitrogen and oxygen atoms in total. The second kappa shape index (κ2) is 10.2. The lowest BCUT2D eigenvalue weighted by molar-refractivity contribution is 0.101. The van der Waals surface area contributed by atoms with E-state index in [2.05, 4.69) is 10.5 Å². The highest BCUT2D eigenvalue weighted by Crippen LogP contribution is 2.25. The second-order valence-electron chi connectivity index (χ2n) is 7.83. The normalized spacial score (nSPS) is 15.1. The third-order valence-electron chi connectivity index (χ3n) is 5.51. The molecule has 3 aromatic rings. The van der Waals surface area contributed by atoms with Crippen LogP contribution < -0.4 is 10.1 Å². The van der Waals surface area contributed by atoms with Gasteiger partial charge in [-0.05, 0) is 68.3 Å². The van der Waals surface area contributed by atoms with E-state index in [1.165, 1.54) is 12.1 Å². The third kappa shape index (κ3) is 5.43. The molecule has 1 aliphatic rings. The van der Waals surface area contributed by atoms with Gasteiger partial charge in [0.25, 0.3) is 5.91 Å². The van der Waals surface area contributed by atoms with Crippen molar-refractivity contribution < 1.29 is 22.5 Å². The molecular weight excluding hydrogens is 442 g/mol. The number of rotatable bonds is 7. The first-order valence-electron chi connectivity index (χ1n) is 11.1. The number of anilines is 1. The number of hydrogen-bond donors (Lipinski definition) is 1. The smallest absolute Gasteiger partial charge is 0.277 e. The predicted octanol–water partition coefficient (Wildman–Crippen LogP) is 4.56. The maximum absolute atomic E-state index is 12.9. The summed E-state index contributed by atoms with van der Waals surface area (Å²) in [4.78, 5) is 12.8. The lowest BCUT2D eigenvalue weighted by Gasteiger charge is -2.20. The van der Waals surface area contributed by atoms with Crippen molar-refractivity contribution >= 4 is 21.6 Å². The standard InChI is InChI=1S/C24H27N3O5S/c1-2-31-20-11-7-18(8-12-20)23-17-22(26-32-23)24(28)25-19-9-13-21(14-10-19)33(29,30)27-15-5-3-4-6-16-27/h7-14,17H,2-6,15-16H2,1H3,(H,25,28). The van der Waals surface area contributed by atoms with Crippen molar-refractivity contribution in [2.24, 2.45) is 0 Å². The Bertz CT molecular complexity index is 1180. The van der Waals surface area contributed by atoms with E-state index < -0.39 is 15.9 Å². The Hall–Kier alpha value is -3.17. The van der Waals surface area contributed by atoms with Gasteiger partial charge in [-0.1, -0.05) is 18.0 Å². The molecule has 1 amide bonds. The summed E-state index contributed by atoms with van der Waals surface area (Å²) in [6, 6.07) is 15.1. The number of carbonyl (C=O) groups is 1. The minimum atomic E-state index is -3.53. The summed E-state index contributed by atoms with van der Waals surface area (Å²) in [6.07, 6.45) is 3.87. The fourth-order valence-corrected chi connectivity index (χ4v) is 5.25. The number of nitrogens with zero attached hydrogens (tertiary/aromatic N) is 2. The van der Waals surface area contributed by atoms with Gasteiger partial charge >= 0.3 is 0 Å². The van der Waals surface area contributed by atoms with E-state index in [-0.39, 0.29) is 10.6 Å². The zero-order valence-corrected chi connectivity index (χ0v) is 19.3. The van der Waals surface area contributed by atoms with Crippen LogP contribution in [0.4, 0.5) is 5.69 Å². The largest absolute Gasteiger partial charge is 0.494 e. The van der Waals surface area contributed by atoms with Gasteiger partial charge in [0.2, 0.25) is 10.0 Å². The maximum atomic E-state index is 12.9. The van der Waals surface area contributed by atoms with Gasteiger partial charge in [-0.15, -0.1) is 0 Å². The van der Waals surface area contributed by atoms with Crippen molar-refractivity contribution in [2.75, 3.05) is 25.0 Å². The molecule has 33 heavy (non-hydrogen) atoms. The molecule has 0 bridgehead atoms. The highest BCUT2D eigenvalue weighted by Gasteiger charge is 2.25. The van der Waals surface area contributed by atoms with Crippen LogP contribution in [0.2, 0.25) is 0 Å². The van der Waals surface area contributed by atoms with Crippen molar-refractivity contribution in [1.29, 1.82) is 0 Å². The molecule has 9 heteroatoms. The molecule has 0 aliphatic carbocycles. The fourth-order valence-electron chi connectivity index (χ4n) is 3.74. The van der Waals surface area contributed by atoms with Crippen molar-refractivity contribution in [3.8, 4) is 17.1 Å². The number of ether oxygens (including phenoxy) is 1. The number of carbonyl (C=O) groups excluding carboxylic acids is 1. The zero-order valence-electron chi connectivity index (χ0n) is 18.5. The van der Waals surface area contributed by atoms with Crippen LogP contribution in [0.15, 0.2) is 64.0 Å². The number of aromatic nitrogens is 1. The van der Waals surface area contributed by atoms with Gasteiger partial charge in [-0.3, -0.25) is 4.79 Å². The average molecular weight is 470 g/mol. The van der Waals surface area contributed by atoms with Gasteiger partial charge in [0.1, 0.15) is 5.75 Å². The van der Waals surface area contributed by atoms with Crippen LogP contribution in [0.1, 0.15) is 43.1 Å². The van der Waals surface area contributed by atoms with Gasteiger partial charge in [-0.25, -0.2) is 8.42 Å². The van der Waals surface area contributed by atoms with Crippen LogP contribution in [0.3, 0.4) is 0 Å². The summed E-state index contributed by atoms with van der Waals surface area (Å²) in [5, 5.41) is 6.58. The molecule has 0 unspecified atom stereocenters. The Balaban J connectivity index is 1.42. The van der Waals surface area contributed by atoms with Gasteiger partial charge in [-0.2, -0.15) is 4.31 Å². The van der Waals surface area contributed by atoms with E-state index in [1.807, 2.05) is 31.2 Å². The first-order chi connectivity index (χ1) is 16.0. The molecule has 2 aromatic carbocycles. The molecule has 0 radical (unpaired) electrons. The first kappa shape index (κ1) is 23.0. The summed E-state index contributed by atoms with van der Waals surface area (Å²) in [6.45, 7) is 3.59. The topological polar surface area (TPSA) is 102 Å². The van der Waals surface area contributed by atoms with Gasteiger partial charge in [0.15, 0.2) is 11.5 Å². The van der Waals surface area contributed by atoms with Crippen LogP contribution in [-0.2, 0) is 10.0 Å².